The highest BCUT2D eigenvalue weighted by molar-refractivity contribution is 7.90. The number of hydrogen-bond acceptors (Lipinski definition) is 5. The highest BCUT2D eigenvalue weighted by atomic mass is 32.2. The van der Waals surface area contributed by atoms with E-state index in [0.717, 1.165) is 28.6 Å². The highest BCUT2D eigenvalue weighted by Crippen LogP contribution is 2.20. The molecule has 164 valence electrons. The molecule has 30 heavy (non-hydrogen) atoms. The summed E-state index contributed by atoms with van der Waals surface area (Å²) in [6, 6.07) is 9.60. The summed E-state index contributed by atoms with van der Waals surface area (Å²) in [5.41, 5.74) is 0.502. The summed E-state index contributed by atoms with van der Waals surface area (Å²) in [6.45, 7) is 1.29. The van der Waals surface area contributed by atoms with Crippen LogP contribution in [0.3, 0.4) is 0 Å². The van der Waals surface area contributed by atoms with Crippen molar-refractivity contribution in [3.63, 3.8) is 0 Å². The van der Waals surface area contributed by atoms with Gasteiger partial charge in [-0.25, -0.2) is 25.6 Å². The van der Waals surface area contributed by atoms with Crippen molar-refractivity contribution in [2.24, 2.45) is 0 Å². The zero-order chi connectivity index (χ0) is 21.8. The van der Waals surface area contributed by atoms with Gasteiger partial charge in [-0.05, 0) is 42.0 Å². The summed E-state index contributed by atoms with van der Waals surface area (Å²) < 4.78 is 80.4. The second-order valence-corrected chi connectivity index (χ2v) is 10.9. The molecule has 0 aliphatic carbocycles. The van der Waals surface area contributed by atoms with Gasteiger partial charge in [0.1, 0.15) is 11.6 Å². The minimum Gasteiger partial charge on any atom is -0.314 e. The van der Waals surface area contributed by atoms with E-state index in [0.29, 0.717) is 31.7 Å². The third kappa shape index (κ3) is 5.61. The Bertz CT molecular complexity index is 1050. The zero-order valence-corrected chi connectivity index (χ0v) is 17.8. The first kappa shape index (κ1) is 22.8. The van der Waals surface area contributed by atoms with Crippen LogP contribution in [0.15, 0.2) is 53.4 Å². The molecule has 2 aromatic rings. The molecule has 2 aromatic carbocycles. The minimum absolute atomic E-state index is 0.142. The summed E-state index contributed by atoms with van der Waals surface area (Å²) in [7, 11) is -7.76. The molecule has 0 spiro atoms. The lowest BCUT2D eigenvalue weighted by Crippen LogP contribution is -2.48. The van der Waals surface area contributed by atoms with Gasteiger partial charge in [0.05, 0.1) is 10.6 Å². The largest absolute Gasteiger partial charge is 0.314 e. The third-order valence-electron chi connectivity index (χ3n) is 4.79. The van der Waals surface area contributed by atoms with E-state index in [1.165, 1.54) is 28.6 Å². The standard InChI is InChI=1S/C19H23F2N3O4S2/c20-17-3-1-16(2-4-17)15-24(30(27,28)19-7-5-18(21)6-8-19)13-14-29(25,26)23-11-9-22-10-12-23/h1-8,22H,9-15H2. The Kier molecular flexibility index (Phi) is 7.19. The van der Waals surface area contributed by atoms with Crippen molar-refractivity contribution in [2.45, 2.75) is 11.4 Å². The van der Waals surface area contributed by atoms with Crippen molar-refractivity contribution < 1.29 is 25.6 Å². The van der Waals surface area contributed by atoms with Gasteiger partial charge in [0.25, 0.3) is 0 Å². The first-order valence-corrected chi connectivity index (χ1v) is 12.4. The average Bonchev–Trinajstić information content (AvgIpc) is 2.73. The lowest BCUT2D eigenvalue weighted by Gasteiger charge is -2.28. The second-order valence-electron chi connectivity index (χ2n) is 6.88. The van der Waals surface area contributed by atoms with E-state index < -0.39 is 37.4 Å². The van der Waals surface area contributed by atoms with Gasteiger partial charge in [0.2, 0.25) is 20.0 Å². The molecule has 7 nitrogen and oxygen atoms in total. The van der Waals surface area contributed by atoms with Gasteiger partial charge in [-0.2, -0.15) is 8.61 Å². The fourth-order valence-corrected chi connectivity index (χ4v) is 6.09. The van der Waals surface area contributed by atoms with Crippen molar-refractivity contribution in [2.75, 3.05) is 38.5 Å². The van der Waals surface area contributed by atoms with Crippen molar-refractivity contribution in [1.82, 2.24) is 13.9 Å². The molecular formula is C19H23F2N3O4S2. The molecule has 1 aliphatic rings. The smallest absolute Gasteiger partial charge is 0.243 e. The van der Waals surface area contributed by atoms with Gasteiger partial charge < -0.3 is 5.32 Å². The minimum atomic E-state index is -4.10. The second kappa shape index (κ2) is 9.48. The van der Waals surface area contributed by atoms with Gasteiger partial charge >= 0.3 is 0 Å². The molecule has 1 N–H and O–H groups in total. The number of hydrogen-bond donors (Lipinski definition) is 1. The van der Waals surface area contributed by atoms with E-state index >= 15 is 0 Å². The van der Waals surface area contributed by atoms with Crippen LogP contribution in [0.25, 0.3) is 0 Å². The fraction of sp³-hybridized carbons (Fsp3) is 0.368. The molecule has 0 bridgehead atoms. The molecule has 0 unspecified atom stereocenters. The first-order chi connectivity index (χ1) is 14.2. The molecule has 0 atom stereocenters. The van der Waals surface area contributed by atoms with Gasteiger partial charge in [0.15, 0.2) is 0 Å². The van der Waals surface area contributed by atoms with Crippen LogP contribution in [0.4, 0.5) is 8.78 Å². The molecule has 0 aromatic heterocycles. The number of nitrogens with zero attached hydrogens (tertiary/aromatic N) is 2. The normalized spacial score (nSPS) is 16.1. The fourth-order valence-electron chi connectivity index (χ4n) is 3.10. The van der Waals surface area contributed by atoms with Gasteiger partial charge in [-0.3, -0.25) is 0 Å². The number of piperazine rings is 1. The zero-order valence-electron chi connectivity index (χ0n) is 16.2. The molecule has 1 aliphatic heterocycles. The summed E-state index contributed by atoms with van der Waals surface area (Å²) >= 11 is 0. The average molecular weight is 460 g/mol. The summed E-state index contributed by atoms with van der Waals surface area (Å²) in [5.74, 6) is -1.44. The van der Waals surface area contributed by atoms with Crippen molar-refractivity contribution in [3.05, 3.63) is 65.7 Å². The molecule has 0 amide bonds. The Morgan fingerprint density at radius 1 is 0.867 bits per heavy atom. The van der Waals surface area contributed by atoms with E-state index in [4.69, 9.17) is 0 Å². The van der Waals surface area contributed by atoms with Crippen molar-refractivity contribution >= 4 is 20.0 Å². The Morgan fingerprint density at radius 2 is 1.40 bits per heavy atom. The molecule has 0 radical (unpaired) electrons. The third-order valence-corrected chi connectivity index (χ3v) is 8.50. The predicted octanol–water partition coefficient (Wildman–Crippen LogP) is 1.39. The molecule has 3 rings (SSSR count). The topological polar surface area (TPSA) is 86.8 Å². The highest BCUT2D eigenvalue weighted by Gasteiger charge is 2.29. The molecule has 1 saturated heterocycles. The molecule has 1 heterocycles. The Balaban J connectivity index is 1.85. The maximum atomic E-state index is 13.2. The predicted molar refractivity (Wildman–Crippen MR) is 109 cm³/mol. The Labute approximate surface area is 175 Å². The van der Waals surface area contributed by atoms with E-state index in [1.807, 2.05) is 0 Å². The quantitative estimate of drug-likeness (QED) is 0.645. The van der Waals surface area contributed by atoms with Gasteiger partial charge in [-0.15, -0.1) is 0 Å². The van der Waals surface area contributed by atoms with Gasteiger partial charge in [-0.1, -0.05) is 12.1 Å². The van der Waals surface area contributed by atoms with E-state index in [1.54, 1.807) is 0 Å². The van der Waals surface area contributed by atoms with Gasteiger partial charge in [0, 0.05) is 39.3 Å². The van der Waals surface area contributed by atoms with Crippen LogP contribution in [-0.4, -0.2) is 63.9 Å². The molecular weight excluding hydrogens is 436 g/mol. The molecule has 11 heteroatoms. The van der Waals surface area contributed by atoms with Crippen molar-refractivity contribution in [3.8, 4) is 0 Å². The number of sulfonamides is 2. The van der Waals surface area contributed by atoms with Crippen LogP contribution >= 0.6 is 0 Å². The first-order valence-electron chi connectivity index (χ1n) is 9.37. The lowest BCUT2D eigenvalue weighted by molar-refractivity contribution is 0.355. The molecule has 1 fully saturated rings. The van der Waals surface area contributed by atoms with Crippen LogP contribution in [0.1, 0.15) is 5.56 Å². The Morgan fingerprint density at radius 3 is 1.97 bits per heavy atom. The maximum absolute atomic E-state index is 13.2. The monoisotopic (exact) mass is 459 g/mol. The van der Waals surface area contributed by atoms with E-state index in [9.17, 15) is 25.6 Å². The molecule has 0 saturated carbocycles. The SMILES string of the molecule is O=S(=O)(CCN(Cc1ccc(F)cc1)S(=O)(=O)c1ccc(F)cc1)N1CCNCC1. The number of rotatable bonds is 8. The van der Waals surface area contributed by atoms with E-state index in [2.05, 4.69) is 5.32 Å². The summed E-state index contributed by atoms with van der Waals surface area (Å²) in [6.07, 6.45) is 0. The number of nitrogens with one attached hydrogen (secondary N) is 1. The van der Waals surface area contributed by atoms with Crippen LogP contribution in [0.2, 0.25) is 0 Å². The number of benzene rings is 2. The van der Waals surface area contributed by atoms with Crippen LogP contribution < -0.4 is 5.32 Å². The van der Waals surface area contributed by atoms with Crippen LogP contribution in [0, 0.1) is 11.6 Å². The number of halogens is 2. The lowest BCUT2D eigenvalue weighted by atomic mass is 10.2. The Hall–Kier alpha value is -1.92. The van der Waals surface area contributed by atoms with Crippen LogP contribution in [0.5, 0.6) is 0 Å². The van der Waals surface area contributed by atoms with Crippen LogP contribution in [-0.2, 0) is 26.6 Å². The summed E-state index contributed by atoms with van der Waals surface area (Å²) in [5, 5.41) is 3.07. The summed E-state index contributed by atoms with van der Waals surface area (Å²) in [4.78, 5) is -0.148. The maximum Gasteiger partial charge on any atom is 0.243 e. The van der Waals surface area contributed by atoms with Crippen molar-refractivity contribution in [1.29, 1.82) is 0 Å². The van der Waals surface area contributed by atoms with E-state index in [-0.39, 0.29) is 18.0 Å².